The van der Waals surface area contributed by atoms with Crippen molar-refractivity contribution >= 4 is 33.0 Å². The molecule has 0 bridgehead atoms. The lowest BCUT2D eigenvalue weighted by Crippen LogP contribution is -2.34. The van der Waals surface area contributed by atoms with Gasteiger partial charge in [-0.05, 0) is 62.3 Å². The zero-order valence-electron chi connectivity index (χ0n) is 18.5. The van der Waals surface area contributed by atoms with Crippen molar-refractivity contribution in [1.82, 2.24) is 10.2 Å². The van der Waals surface area contributed by atoms with Gasteiger partial charge in [0.15, 0.2) is 0 Å². The van der Waals surface area contributed by atoms with Crippen LogP contribution in [0.5, 0.6) is 5.75 Å². The number of amides is 1. The molecule has 0 unspecified atom stereocenters. The van der Waals surface area contributed by atoms with Crippen molar-refractivity contribution in [3.63, 3.8) is 0 Å². The van der Waals surface area contributed by atoms with Gasteiger partial charge >= 0.3 is 0 Å². The van der Waals surface area contributed by atoms with Crippen LogP contribution in [0, 0.1) is 6.92 Å². The third-order valence-electron chi connectivity index (χ3n) is 5.04. The van der Waals surface area contributed by atoms with Gasteiger partial charge in [0.1, 0.15) is 5.75 Å². The Morgan fingerprint density at radius 2 is 1.88 bits per heavy atom. The summed E-state index contributed by atoms with van der Waals surface area (Å²) in [7, 11) is 1.45. The summed E-state index contributed by atoms with van der Waals surface area (Å²) in [6.07, 6.45) is 0. The van der Waals surface area contributed by atoms with E-state index < -0.39 is 10.0 Å². The molecule has 0 fully saturated rings. The van der Waals surface area contributed by atoms with Crippen molar-refractivity contribution in [1.29, 1.82) is 0 Å². The standard InChI is InChI=1S/C23H27N3O4S2/c1-16-11-12-17(23(27)24-15-19(26(2)3)21-10-7-13-31-21)14-22(16)32(28,29)25-18-8-5-6-9-20(18)30-4/h5-14,19,25H,15H2,1-4H3,(H,24,27)/t19-/m1/s1. The maximum Gasteiger partial charge on any atom is 0.262 e. The molecule has 1 aromatic heterocycles. The maximum absolute atomic E-state index is 13.1. The number of nitrogens with zero attached hydrogens (tertiary/aromatic N) is 1. The minimum Gasteiger partial charge on any atom is -0.495 e. The molecule has 32 heavy (non-hydrogen) atoms. The first-order valence-electron chi connectivity index (χ1n) is 9.97. The summed E-state index contributed by atoms with van der Waals surface area (Å²) < 4.78 is 33.9. The summed E-state index contributed by atoms with van der Waals surface area (Å²) in [4.78, 5) is 16.0. The van der Waals surface area contributed by atoms with Gasteiger partial charge in [-0.1, -0.05) is 24.3 Å². The van der Waals surface area contributed by atoms with Crippen LogP contribution in [0.3, 0.4) is 0 Å². The number of nitrogens with one attached hydrogen (secondary N) is 2. The number of ether oxygens (including phenoxy) is 1. The highest BCUT2D eigenvalue weighted by molar-refractivity contribution is 7.92. The average molecular weight is 474 g/mol. The lowest BCUT2D eigenvalue weighted by atomic mass is 10.1. The van der Waals surface area contributed by atoms with Gasteiger partial charge in [-0.3, -0.25) is 9.52 Å². The molecule has 7 nitrogen and oxygen atoms in total. The second-order valence-electron chi connectivity index (χ2n) is 7.49. The van der Waals surface area contributed by atoms with Gasteiger partial charge in [-0.25, -0.2) is 8.42 Å². The summed E-state index contributed by atoms with van der Waals surface area (Å²) in [6.45, 7) is 2.10. The normalized spacial score (nSPS) is 12.4. The number of rotatable bonds is 9. The largest absolute Gasteiger partial charge is 0.495 e. The van der Waals surface area contributed by atoms with Gasteiger partial charge in [0, 0.05) is 17.0 Å². The van der Waals surface area contributed by atoms with Crippen molar-refractivity contribution in [3.8, 4) is 5.75 Å². The number of methoxy groups -OCH3 is 1. The zero-order chi connectivity index (χ0) is 23.3. The molecule has 0 aliphatic heterocycles. The van der Waals surface area contributed by atoms with E-state index in [1.807, 2.05) is 36.5 Å². The van der Waals surface area contributed by atoms with Gasteiger partial charge in [-0.15, -0.1) is 11.3 Å². The van der Waals surface area contributed by atoms with Gasteiger partial charge in [-0.2, -0.15) is 0 Å². The molecule has 0 radical (unpaired) electrons. The molecule has 0 saturated heterocycles. The van der Waals surface area contributed by atoms with Gasteiger partial charge in [0.2, 0.25) is 0 Å². The molecule has 170 valence electrons. The number of sulfonamides is 1. The lowest BCUT2D eigenvalue weighted by molar-refractivity contribution is 0.0942. The fourth-order valence-electron chi connectivity index (χ4n) is 3.27. The summed E-state index contributed by atoms with van der Waals surface area (Å²) >= 11 is 1.63. The van der Waals surface area contributed by atoms with Crippen LogP contribution in [0.1, 0.15) is 26.8 Å². The molecule has 0 saturated carbocycles. The summed E-state index contributed by atoms with van der Waals surface area (Å²) in [5.41, 5.74) is 1.14. The number of para-hydroxylation sites is 2. The van der Waals surface area contributed by atoms with Crippen LogP contribution in [-0.4, -0.2) is 47.0 Å². The molecule has 9 heteroatoms. The molecule has 1 heterocycles. The minimum atomic E-state index is -3.93. The molecule has 0 spiro atoms. The Kier molecular flexibility index (Phi) is 7.55. The molecule has 0 aliphatic carbocycles. The van der Waals surface area contributed by atoms with E-state index in [1.165, 1.54) is 13.2 Å². The summed E-state index contributed by atoms with van der Waals surface area (Å²) in [5, 5.41) is 4.93. The number of hydrogen-bond donors (Lipinski definition) is 2. The predicted molar refractivity (Wildman–Crippen MR) is 128 cm³/mol. The van der Waals surface area contributed by atoms with Gasteiger partial charge in [0.05, 0.1) is 23.7 Å². The number of anilines is 1. The molecule has 1 atom stereocenters. The topological polar surface area (TPSA) is 87.7 Å². The van der Waals surface area contributed by atoms with Crippen LogP contribution in [0.25, 0.3) is 0 Å². The van der Waals surface area contributed by atoms with E-state index in [2.05, 4.69) is 10.0 Å². The average Bonchev–Trinajstić information content (AvgIpc) is 3.28. The second-order valence-corrected chi connectivity index (χ2v) is 10.1. The monoisotopic (exact) mass is 473 g/mol. The Morgan fingerprint density at radius 1 is 1.12 bits per heavy atom. The first kappa shape index (κ1) is 23.8. The van der Waals surface area contributed by atoms with Crippen LogP contribution in [-0.2, 0) is 10.0 Å². The summed E-state index contributed by atoms with van der Waals surface area (Å²) in [5.74, 6) is 0.0769. The molecule has 3 rings (SSSR count). The number of aryl methyl sites for hydroxylation is 1. The highest BCUT2D eigenvalue weighted by atomic mass is 32.2. The SMILES string of the molecule is COc1ccccc1NS(=O)(=O)c1cc(C(=O)NC[C@H](c2cccs2)N(C)C)ccc1C. The Bertz CT molecular complexity index is 1180. The number of likely N-dealkylation sites (N-methyl/N-ethyl adjacent to an activating group) is 1. The molecule has 2 N–H and O–H groups in total. The number of carbonyl (C=O) groups is 1. The quantitative estimate of drug-likeness (QED) is 0.492. The first-order valence-corrected chi connectivity index (χ1v) is 12.3. The zero-order valence-corrected chi connectivity index (χ0v) is 20.1. The third-order valence-corrected chi connectivity index (χ3v) is 7.52. The van der Waals surface area contributed by atoms with E-state index in [1.54, 1.807) is 54.7 Å². The van der Waals surface area contributed by atoms with Crippen LogP contribution in [0.15, 0.2) is 64.9 Å². The van der Waals surface area contributed by atoms with Crippen molar-refractivity contribution in [3.05, 3.63) is 76.0 Å². The van der Waals surface area contributed by atoms with Crippen molar-refractivity contribution in [2.45, 2.75) is 17.9 Å². The van der Waals surface area contributed by atoms with Crippen LogP contribution in [0.2, 0.25) is 0 Å². The Labute approximate surface area is 193 Å². The summed E-state index contributed by atoms with van der Waals surface area (Å²) in [6, 6.07) is 15.5. The highest BCUT2D eigenvalue weighted by Gasteiger charge is 2.22. The lowest BCUT2D eigenvalue weighted by Gasteiger charge is -2.23. The van der Waals surface area contributed by atoms with Gasteiger partial charge in [0.25, 0.3) is 15.9 Å². The molecule has 3 aromatic rings. The first-order chi connectivity index (χ1) is 15.2. The van der Waals surface area contributed by atoms with Gasteiger partial charge < -0.3 is 15.0 Å². The molecular formula is C23H27N3O4S2. The third kappa shape index (κ3) is 5.48. The van der Waals surface area contributed by atoms with E-state index in [0.717, 1.165) is 4.88 Å². The smallest absolute Gasteiger partial charge is 0.262 e. The number of carbonyl (C=O) groups excluding carboxylic acids is 1. The van der Waals surface area contributed by atoms with Crippen LogP contribution in [0.4, 0.5) is 5.69 Å². The van der Waals surface area contributed by atoms with Crippen molar-refractivity contribution in [2.24, 2.45) is 0 Å². The predicted octanol–water partition coefficient (Wildman–Crippen LogP) is 3.90. The van der Waals surface area contributed by atoms with E-state index in [0.29, 0.717) is 23.5 Å². The number of thiophene rings is 1. The van der Waals surface area contributed by atoms with E-state index in [-0.39, 0.29) is 22.4 Å². The number of hydrogen-bond acceptors (Lipinski definition) is 6. The molecule has 2 aromatic carbocycles. The molecule has 1 amide bonds. The Hall–Kier alpha value is -2.88. The van der Waals surface area contributed by atoms with Crippen LogP contribution < -0.4 is 14.8 Å². The highest BCUT2D eigenvalue weighted by Crippen LogP contribution is 2.28. The molecule has 0 aliphatic rings. The second kappa shape index (κ2) is 10.2. The van der Waals surface area contributed by atoms with E-state index in [9.17, 15) is 13.2 Å². The van der Waals surface area contributed by atoms with Crippen LogP contribution >= 0.6 is 11.3 Å². The van der Waals surface area contributed by atoms with Crippen molar-refractivity contribution < 1.29 is 17.9 Å². The Morgan fingerprint density at radius 3 is 2.53 bits per heavy atom. The maximum atomic E-state index is 13.1. The van der Waals surface area contributed by atoms with E-state index >= 15 is 0 Å². The fraction of sp³-hybridized carbons (Fsp3) is 0.261. The molecular weight excluding hydrogens is 446 g/mol. The van der Waals surface area contributed by atoms with Crippen molar-refractivity contribution in [2.75, 3.05) is 32.5 Å². The fourth-order valence-corrected chi connectivity index (χ4v) is 5.53. The van der Waals surface area contributed by atoms with E-state index in [4.69, 9.17) is 4.74 Å². The minimum absolute atomic E-state index is 0.0276. The number of benzene rings is 2. The Balaban J connectivity index is 1.80.